The molecule has 30 heavy (non-hydrogen) atoms. The number of nitrogens with one attached hydrogen (secondary N) is 1. The average molecular weight is 422 g/mol. The van der Waals surface area contributed by atoms with Crippen LogP contribution in [0.2, 0.25) is 0 Å². The van der Waals surface area contributed by atoms with E-state index in [0.717, 1.165) is 11.8 Å². The number of hydrogen-bond donors (Lipinski definition) is 2. The lowest BCUT2D eigenvalue weighted by Gasteiger charge is -2.07. The highest BCUT2D eigenvalue weighted by Gasteiger charge is 2.18. The molecule has 0 atom stereocenters. The summed E-state index contributed by atoms with van der Waals surface area (Å²) in [5.74, 6) is -0.402. The van der Waals surface area contributed by atoms with Crippen molar-refractivity contribution in [2.45, 2.75) is 5.16 Å². The van der Waals surface area contributed by atoms with E-state index in [-0.39, 0.29) is 22.4 Å². The average Bonchev–Trinajstić information content (AvgIpc) is 3.46. The first-order valence-corrected chi connectivity index (χ1v) is 9.67. The molecule has 150 valence electrons. The molecule has 3 heterocycles. The second-order valence-corrected chi connectivity index (χ2v) is 6.91. The minimum absolute atomic E-state index is 0.0106. The summed E-state index contributed by atoms with van der Waals surface area (Å²) in [4.78, 5) is 27.7. The van der Waals surface area contributed by atoms with Gasteiger partial charge >= 0.3 is 5.97 Å². The molecule has 1 amide bonds. The number of carboxylic acid groups (broad SMARTS) is 1. The van der Waals surface area contributed by atoms with Crippen LogP contribution in [0.3, 0.4) is 0 Å². The number of aromatic nitrogens is 3. The molecule has 0 aliphatic carbocycles. The second-order valence-electron chi connectivity index (χ2n) is 5.97. The standard InChI is InChI=1S/C20H14N4O5S/c25-16(21-13-5-1-4-12(10-13)19(26)27)11-30-20-22-17(14-6-2-8-28-14)18(23-24-20)15-7-3-9-29-15/h1-10H,11H2,(H,21,25)(H,26,27). The van der Waals surface area contributed by atoms with E-state index in [0.29, 0.717) is 28.6 Å². The zero-order valence-corrected chi connectivity index (χ0v) is 16.1. The summed E-state index contributed by atoms with van der Waals surface area (Å²) in [7, 11) is 0. The van der Waals surface area contributed by atoms with Crippen molar-refractivity contribution in [1.29, 1.82) is 0 Å². The molecule has 0 spiro atoms. The molecular weight excluding hydrogens is 408 g/mol. The van der Waals surface area contributed by atoms with E-state index in [4.69, 9.17) is 13.9 Å². The first-order valence-electron chi connectivity index (χ1n) is 8.68. The zero-order chi connectivity index (χ0) is 20.9. The number of carbonyl (C=O) groups is 2. The van der Waals surface area contributed by atoms with Gasteiger partial charge in [-0.15, -0.1) is 10.2 Å². The highest BCUT2D eigenvalue weighted by Crippen LogP contribution is 2.30. The largest absolute Gasteiger partial charge is 0.478 e. The Kier molecular flexibility index (Phi) is 5.57. The maximum Gasteiger partial charge on any atom is 0.335 e. The molecule has 0 saturated heterocycles. The van der Waals surface area contributed by atoms with Crippen LogP contribution in [0.15, 0.2) is 75.0 Å². The Morgan fingerprint density at radius 3 is 2.37 bits per heavy atom. The maximum absolute atomic E-state index is 12.2. The van der Waals surface area contributed by atoms with Crippen LogP contribution in [-0.4, -0.2) is 37.9 Å². The molecule has 0 bridgehead atoms. The number of aromatic carboxylic acids is 1. The van der Waals surface area contributed by atoms with Gasteiger partial charge in [-0.3, -0.25) is 4.79 Å². The fraction of sp³-hybridized carbons (Fsp3) is 0.0500. The summed E-state index contributed by atoms with van der Waals surface area (Å²) in [6.07, 6.45) is 3.05. The summed E-state index contributed by atoms with van der Waals surface area (Å²) in [5, 5.41) is 20.2. The van der Waals surface area contributed by atoms with E-state index < -0.39 is 5.97 Å². The number of carbonyl (C=O) groups excluding carboxylic acids is 1. The fourth-order valence-electron chi connectivity index (χ4n) is 2.59. The van der Waals surface area contributed by atoms with Crippen LogP contribution in [0, 0.1) is 0 Å². The highest BCUT2D eigenvalue weighted by atomic mass is 32.2. The molecule has 0 fully saturated rings. The Morgan fingerprint density at radius 1 is 0.967 bits per heavy atom. The van der Waals surface area contributed by atoms with Crippen molar-refractivity contribution in [3.8, 4) is 22.9 Å². The molecule has 0 aliphatic heterocycles. The van der Waals surface area contributed by atoms with Crippen molar-refractivity contribution in [1.82, 2.24) is 15.2 Å². The number of hydrogen-bond acceptors (Lipinski definition) is 8. The smallest absolute Gasteiger partial charge is 0.335 e. The van der Waals surface area contributed by atoms with Crippen LogP contribution < -0.4 is 5.32 Å². The summed E-state index contributed by atoms with van der Waals surface area (Å²) in [6, 6.07) is 12.9. The number of anilines is 1. The summed E-state index contributed by atoms with van der Waals surface area (Å²) in [6.45, 7) is 0. The molecule has 10 heteroatoms. The Bertz CT molecular complexity index is 1180. The van der Waals surface area contributed by atoms with Crippen LogP contribution in [0.1, 0.15) is 10.4 Å². The number of benzene rings is 1. The summed E-state index contributed by atoms with van der Waals surface area (Å²) >= 11 is 1.09. The van der Waals surface area contributed by atoms with Gasteiger partial charge in [-0.05, 0) is 42.5 Å². The molecule has 1 aromatic carbocycles. The molecule has 3 aromatic heterocycles. The SMILES string of the molecule is O=C(CSc1nnc(-c2ccco2)c(-c2ccco2)n1)Nc1cccc(C(=O)O)c1. The Labute approximate surface area is 174 Å². The van der Waals surface area contributed by atoms with E-state index in [1.54, 1.807) is 36.4 Å². The lowest BCUT2D eigenvalue weighted by atomic mass is 10.2. The van der Waals surface area contributed by atoms with Crippen LogP contribution in [0.25, 0.3) is 22.9 Å². The monoisotopic (exact) mass is 422 g/mol. The number of nitrogens with zero attached hydrogens (tertiary/aromatic N) is 3. The zero-order valence-electron chi connectivity index (χ0n) is 15.3. The number of rotatable bonds is 7. The minimum Gasteiger partial charge on any atom is -0.478 e. The van der Waals surface area contributed by atoms with Crippen LogP contribution in [0.4, 0.5) is 5.69 Å². The van der Waals surface area contributed by atoms with Crippen molar-refractivity contribution in [2.75, 3.05) is 11.1 Å². The van der Waals surface area contributed by atoms with Crippen molar-refractivity contribution >= 4 is 29.3 Å². The third kappa shape index (κ3) is 4.39. The molecule has 2 N–H and O–H groups in total. The van der Waals surface area contributed by atoms with Gasteiger partial charge in [0.1, 0.15) is 5.69 Å². The number of carboxylic acids is 1. The topological polar surface area (TPSA) is 131 Å². The van der Waals surface area contributed by atoms with E-state index in [2.05, 4.69) is 20.5 Å². The quantitative estimate of drug-likeness (QED) is 0.427. The van der Waals surface area contributed by atoms with E-state index in [1.807, 2.05) is 0 Å². The second kappa shape index (κ2) is 8.62. The Hall–Kier alpha value is -3.92. The first kappa shape index (κ1) is 19.4. The normalized spacial score (nSPS) is 10.7. The van der Waals surface area contributed by atoms with Crippen LogP contribution in [-0.2, 0) is 4.79 Å². The van der Waals surface area contributed by atoms with E-state index in [1.165, 1.54) is 24.7 Å². The van der Waals surface area contributed by atoms with Crippen LogP contribution in [0.5, 0.6) is 0 Å². The van der Waals surface area contributed by atoms with E-state index >= 15 is 0 Å². The molecule has 0 saturated carbocycles. The number of furan rings is 2. The van der Waals surface area contributed by atoms with Crippen molar-refractivity contribution < 1.29 is 23.5 Å². The van der Waals surface area contributed by atoms with Gasteiger partial charge in [0, 0.05) is 5.69 Å². The summed E-state index contributed by atoms with van der Waals surface area (Å²) < 4.78 is 10.8. The molecule has 4 rings (SSSR count). The molecule has 4 aromatic rings. The fourth-order valence-corrected chi connectivity index (χ4v) is 3.18. The van der Waals surface area contributed by atoms with Gasteiger partial charge in [0.25, 0.3) is 0 Å². The Balaban J connectivity index is 1.48. The van der Waals surface area contributed by atoms with Crippen molar-refractivity contribution in [3.05, 3.63) is 66.6 Å². The minimum atomic E-state index is -1.07. The maximum atomic E-state index is 12.2. The molecule has 0 radical (unpaired) electrons. The third-order valence-corrected chi connectivity index (χ3v) is 4.74. The molecule has 9 nitrogen and oxygen atoms in total. The third-order valence-electron chi connectivity index (χ3n) is 3.90. The molecular formula is C20H14N4O5S. The van der Waals surface area contributed by atoms with Gasteiger partial charge in [0.05, 0.1) is 23.8 Å². The first-order chi connectivity index (χ1) is 14.6. The van der Waals surface area contributed by atoms with Gasteiger partial charge < -0.3 is 19.3 Å². The lowest BCUT2D eigenvalue weighted by molar-refractivity contribution is -0.113. The van der Waals surface area contributed by atoms with Crippen molar-refractivity contribution in [3.63, 3.8) is 0 Å². The van der Waals surface area contributed by atoms with Gasteiger partial charge in [0.2, 0.25) is 11.1 Å². The van der Waals surface area contributed by atoms with Gasteiger partial charge in [0.15, 0.2) is 17.2 Å². The van der Waals surface area contributed by atoms with Crippen molar-refractivity contribution in [2.24, 2.45) is 0 Å². The Morgan fingerprint density at radius 2 is 1.70 bits per heavy atom. The highest BCUT2D eigenvalue weighted by molar-refractivity contribution is 7.99. The number of amides is 1. The predicted octanol–water partition coefficient (Wildman–Crippen LogP) is 3.82. The van der Waals surface area contributed by atoms with Gasteiger partial charge in [-0.2, -0.15) is 0 Å². The predicted molar refractivity (Wildman–Crippen MR) is 108 cm³/mol. The number of thioether (sulfide) groups is 1. The molecule has 0 unspecified atom stereocenters. The van der Waals surface area contributed by atoms with Gasteiger partial charge in [-0.1, -0.05) is 17.8 Å². The molecule has 0 aliphatic rings. The van der Waals surface area contributed by atoms with Gasteiger partial charge in [-0.25, -0.2) is 9.78 Å². The van der Waals surface area contributed by atoms with Crippen LogP contribution >= 0.6 is 11.8 Å². The van der Waals surface area contributed by atoms with E-state index in [9.17, 15) is 9.59 Å². The lowest BCUT2D eigenvalue weighted by Crippen LogP contribution is -2.15. The summed E-state index contributed by atoms with van der Waals surface area (Å²) in [5.41, 5.74) is 1.35.